The highest BCUT2D eigenvalue weighted by molar-refractivity contribution is 7.90. The molecule has 0 bridgehead atoms. The Labute approximate surface area is 107 Å². The van der Waals surface area contributed by atoms with Gasteiger partial charge in [-0.15, -0.1) is 0 Å². The van der Waals surface area contributed by atoms with Crippen LogP contribution in [-0.2, 0) is 19.4 Å². The van der Waals surface area contributed by atoms with Crippen LogP contribution in [0.2, 0.25) is 0 Å². The molecule has 0 radical (unpaired) electrons. The number of rotatable bonds is 9. The molecule has 18 heavy (non-hydrogen) atoms. The van der Waals surface area contributed by atoms with Gasteiger partial charge < -0.3 is 15.7 Å². The summed E-state index contributed by atoms with van der Waals surface area (Å²) in [5.74, 6) is -1.90. The lowest BCUT2D eigenvalue weighted by atomic mass is 10.2. The van der Waals surface area contributed by atoms with E-state index in [0.717, 1.165) is 12.8 Å². The number of aliphatic carboxylic acids is 1. The summed E-state index contributed by atoms with van der Waals surface area (Å²) in [4.78, 5) is 22.3. The number of amides is 1. The minimum absolute atomic E-state index is 0.124. The number of sulfone groups is 1. The molecule has 0 saturated heterocycles. The fourth-order valence-electron chi connectivity index (χ4n) is 1.23. The molecule has 0 aromatic heterocycles. The lowest BCUT2D eigenvalue weighted by Gasteiger charge is -2.14. The molecule has 1 unspecified atom stereocenters. The van der Waals surface area contributed by atoms with E-state index in [1.54, 1.807) is 0 Å². The van der Waals surface area contributed by atoms with Crippen LogP contribution >= 0.6 is 0 Å². The summed E-state index contributed by atoms with van der Waals surface area (Å²) in [5, 5.41) is 14.1. The van der Waals surface area contributed by atoms with Gasteiger partial charge in [0, 0.05) is 19.2 Å². The van der Waals surface area contributed by atoms with Crippen molar-refractivity contribution in [1.82, 2.24) is 10.6 Å². The van der Waals surface area contributed by atoms with Gasteiger partial charge in [-0.2, -0.15) is 0 Å². The summed E-state index contributed by atoms with van der Waals surface area (Å²) in [6.45, 7) is 3.08. The van der Waals surface area contributed by atoms with Crippen molar-refractivity contribution >= 4 is 21.7 Å². The predicted molar refractivity (Wildman–Crippen MR) is 67.1 cm³/mol. The van der Waals surface area contributed by atoms with Gasteiger partial charge in [0.05, 0.1) is 5.75 Å². The Bertz CT molecular complexity index is 380. The van der Waals surface area contributed by atoms with Gasteiger partial charge in [0.25, 0.3) is 0 Å². The van der Waals surface area contributed by atoms with Crippen molar-refractivity contribution < 1.29 is 23.1 Å². The number of nitrogens with one attached hydrogen (secondary N) is 2. The Hall–Kier alpha value is -1.15. The van der Waals surface area contributed by atoms with Crippen molar-refractivity contribution in [3.05, 3.63) is 0 Å². The summed E-state index contributed by atoms with van der Waals surface area (Å²) < 4.78 is 21.9. The molecule has 0 fully saturated rings. The van der Waals surface area contributed by atoms with E-state index >= 15 is 0 Å². The van der Waals surface area contributed by atoms with E-state index in [1.807, 2.05) is 6.92 Å². The normalized spacial score (nSPS) is 13.0. The van der Waals surface area contributed by atoms with Gasteiger partial charge in [0.2, 0.25) is 5.91 Å². The summed E-state index contributed by atoms with van der Waals surface area (Å²) in [6.07, 6.45) is 1.07. The Morgan fingerprint density at radius 2 is 1.94 bits per heavy atom. The van der Waals surface area contributed by atoms with E-state index in [9.17, 15) is 18.0 Å². The Morgan fingerprint density at radius 1 is 1.33 bits per heavy atom. The molecule has 3 N–H and O–H groups in total. The molecule has 0 aliphatic carbocycles. The predicted octanol–water partition coefficient (Wildman–Crippen LogP) is -1.01. The van der Waals surface area contributed by atoms with Gasteiger partial charge in [-0.25, -0.2) is 13.2 Å². The highest BCUT2D eigenvalue weighted by Crippen LogP contribution is 1.97. The molecule has 0 aliphatic heterocycles. The SMILES string of the molecule is CCNCCC(=O)NC(CCS(C)(=O)=O)C(=O)O. The van der Waals surface area contributed by atoms with Crippen LogP contribution in [0.25, 0.3) is 0 Å². The van der Waals surface area contributed by atoms with E-state index in [4.69, 9.17) is 5.11 Å². The fraction of sp³-hybridized carbons (Fsp3) is 0.800. The van der Waals surface area contributed by atoms with Crippen LogP contribution < -0.4 is 10.6 Å². The van der Waals surface area contributed by atoms with E-state index in [0.29, 0.717) is 6.54 Å². The van der Waals surface area contributed by atoms with Crippen molar-refractivity contribution in [1.29, 1.82) is 0 Å². The maximum absolute atomic E-state index is 11.4. The highest BCUT2D eigenvalue weighted by Gasteiger charge is 2.21. The summed E-state index contributed by atoms with van der Waals surface area (Å²) >= 11 is 0. The summed E-state index contributed by atoms with van der Waals surface area (Å²) in [7, 11) is -3.24. The molecular formula is C10H20N2O5S. The van der Waals surface area contributed by atoms with Crippen molar-refractivity contribution in [3.63, 3.8) is 0 Å². The largest absolute Gasteiger partial charge is 0.480 e. The highest BCUT2D eigenvalue weighted by atomic mass is 32.2. The Morgan fingerprint density at radius 3 is 2.39 bits per heavy atom. The van der Waals surface area contributed by atoms with Gasteiger partial charge in [-0.05, 0) is 13.0 Å². The molecule has 0 aliphatic rings. The maximum Gasteiger partial charge on any atom is 0.326 e. The Balaban J connectivity index is 4.19. The van der Waals surface area contributed by atoms with E-state index in [1.165, 1.54) is 0 Å². The second-order valence-electron chi connectivity index (χ2n) is 3.98. The topological polar surface area (TPSA) is 113 Å². The lowest BCUT2D eigenvalue weighted by Crippen LogP contribution is -2.42. The summed E-state index contributed by atoms with van der Waals surface area (Å²) in [6, 6.07) is -1.16. The second kappa shape index (κ2) is 8.04. The zero-order valence-corrected chi connectivity index (χ0v) is 11.4. The minimum Gasteiger partial charge on any atom is -0.480 e. The maximum atomic E-state index is 11.4. The molecule has 8 heteroatoms. The van der Waals surface area contributed by atoms with E-state index in [2.05, 4.69) is 10.6 Å². The third kappa shape index (κ3) is 8.94. The van der Waals surface area contributed by atoms with Gasteiger partial charge in [0.1, 0.15) is 15.9 Å². The third-order valence-corrected chi connectivity index (χ3v) is 3.17. The molecule has 7 nitrogen and oxygen atoms in total. The molecule has 0 rings (SSSR count). The first-order chi connectivity index (χ1) is 8.26. The van der Waals surface area contributed by atoms with Crippen LogP contribution in [0.15, 0.2) is 0 Å². The number of hydrogen-bond donors (Lipinski definition) is 3. The van der Waals surface area contributed by atoms with Crippen molar-refractivity contribution in [2.24, 2.45) is 0 Å². The molecule has 0 saturated carbocycles. The number of carbonyl (C=O) groups excluding carboxylic acids is 1. The van der Waals surface area contributed by atoms with Gasteiger partial charge >= 0.3 is 5.97 Å². The zero-order chi connectivity index (χ0) is 14.2. The van der Waals surface area contributed by atoms with Crippen molar-refractivity contribution in [3.8, 4) is 0 Å². The second-order valence-corrected chi connectivity index (χ2v) is 6.24. The van der Waals surface area contributed by atoms with Crippen LogP contribution in [0.1, 0.15) is 19.8 Å². The van der Waals surface area contributed by atoms with Crippen LogP contribution in [-0.4, -0.2) is 56.5 Å². The quantitative estimate of drug-likeness (QED) is 0.466. The molecule has 1 atom stereocenters. The first kappa shape index (κ1) is 16.9. The average Bonchev–Trinajstić information content (AvgIpc) is 2.22. The number of carboxylic acid groups (broad SMARTS) is 1. The number of carbonyl (C=O) groups is 2. The molecular weight excluding hydrogens is 260 g/mol. The van der Waals surface area contributed by atoms with Gasteiger partial charge in [-0.1, -0.05) is 6.92 Å². The minimum atomic E-state index is -3.24. The molecule has 106 valence electrons. The fourth-order valence-corrected chi connectivity index (χ4v) is 1.90. The monoisotopic (exact) mass is 280 g/mol. The third-order valence-electron chi connectivity index (χ3n) is 2.19. The molecule has 1 amide bonds. The van der Waals surface area contributed by atoms with Crippen LogP contribution in [0.4, 0.5) is 0 Å². The smallest absolute Gasteiger partial charge is 0.326 e. The molecule has 0 aromatic carbocycles. The molecule has 0 heterocycles. The van der Waals surface area contributed by atoms with Crippen LogP contribution in [0.5, 0.6) is 0 Å². The lowest BCUT2D eigenvalue weighted by molar-refractivity contribution is -0.141. The molecule has 0 aromatic rings. The zero-order valence-electron chi connectivity index (χ0n) is 10.6. The average molecular weight is 280 g/mol. The van der Waals surface area contributed by atoms with Crippen LogP contribution in [0.3, 0.4) is 0 Å². The van der Waals surface area contributed by atoms with E-state index in [-0.39, 0.29) is 18.6 Å². The summed E-state index contributed by atoms with van der Waals surface area (Å²) in [5.41, 5.74) is 0. The standard InChI is InChI=1S/C10H20N2O5S/c1-3-11-6-4-9(13)12-8(10(14)15)5-7-18(2,16)17/h8,11H,3-7H2,1-2H3,(H,12,13)(H,14,15). The Kier molecular flexibility index (Phi) is 7.53. The first-order valence-corrected chi connectivity index (χ1v) is 7.73. The van der Waals surface area contributed by atoms with Gasteiger partial charge in [0.15, 0.2) is 0 Å². The number of hydrogen-bond acceptors (Lipinski definition) is 5. The van der Waals surface area contributed by atoms with Crippen molar-refractivity contribution in [2.75, 3.05) is 25.1 Å². The number of carboxylic acids is 1. The van der Waals surface area contributed by atoms with Crippen LogP contribution in [0, 0.1) is 0 Å². The molecule has 0 spiro atoms. The van der Waals surface area contributed by atoms with Crippen molar-refractivity contribution in [2.45, 2.75) is 25.8 Å². The van der Waals surface area contributed by atoms with E-state index < -0.39 is 27.8 Å². The van der Waals surface area contributed by atoms with Gasteiger partial charge in [-0.3, -0.25) is 4.79 Å². The first-order valence-electron chi connectivity index (χ1n) is 5.67.